The van der Waals surface area contributed by atoms with E-state index in [-0.39, 0.29) is 6.61 Å². The van der Waals surface area contributed by atoms with Crippen LogP contribution in [-0.4, -0.2) is 10.2 Å². The van der Waals surface area contributed by atoms with Crippen LogP contribution < -0.4 is 4.74 Å². The molecule has 0 heterocycles. The third-order valence-corrected chi connectivity index (χ3v) is 3.02. The van der Waals surface area contributed by atoms with E-state index < -0.39 is 6.10 Å². The van der Waals surface area contributed by atoms with Crippen molar-refractivity contribution in [3.63, 3.8) is 0 Å². The highest BCUT2D eigenvalue weighted by molar-refractivity contribution is 5.38. The van der Waals surface area contributed by atoms with Gasteiger partial charge in [-0.1, -0.05) is 37.3 Å². The molecule has 0 aliphatic carbocycles. The first-order valence-electron chi connectivity index (χ1n) is 6.39. The maximum atomic E-state index is 9.72. The molecule has 0 radical (unpaired) electrons. The van der Waals surface area contributed by atoms with Crippen molar-refractivity contribution in [3.8, 4) is 11.5 Å². The first-order valence-corrected chi connectivity index (χ1v) is 6.39. The zero-order valence-electron chi connectivity index (χ0n) is 10.9. The second kappa shape index (κ2) is 6.36. The van der Waals surface area contributed by atoms with E-state index in [1.165, 1.54) is 0 Å². The fourth-order valence-corrected chi connectivity index (χ4v) is 1.85. The fraction of sp³-hybridized carbons (Fsp3) is 0.250. The molecule has 3 nitrogen and oxygen atoms in total. The van der Waals surface area contributed by atoms with Gasteiger partial charge in [-0.05, 0) is 30.2 Å². The molecular weight excluding hydrogens is 240 g/mol. The van der Waals surface area contributed by atoms with E-state index in [4.69, 9.17) is 4.74 Å². The fourth-order valence-electron chi connectivity index (χ4n) is 1.85. The predicted molar refractivity (Wildman–Crippen MR) is 74.1 cm³/mol. The van der Waals surface area contributed by atoms with Crippen LogP contribution in [0.3, 0.4) is 0 Å². The normalized spacial score (nSPS) is 12.2. The molecule has 2 N–H and O–H groups in total. The van der Waals surface area contributed by atoms with Crippen LogP contribution in [0.15, 0.2) is 48.5 Å². The number of hydrogen-bond acceptors (Lipinski definition) is 3. The maximum absolute atomic E-state index is 9.72. The van der Waals surface area contributed by atoms with Gasteiger partial charge in [0, 0.05) is 5.56 Å². The van der Waals surface area contributed by atoms with Gasteiger partial charge < -0.3 is 14.9 Å². The lowest BCUT2D eigenvalue weighted by Gasteiger charge is -2.11. The number of rotatable bonds is 5. The number of ether oxygens (including phenoxy) is 1. The summed E-state index contributed by atoms with van der Waals surface area (Å²) in [5.74, 6) is 1.33. The average Bonchev–Trinajstić information content (AvgIpc) is 2.48. The molecule has 100 valence electrons. The van der Waals surface area contributed by atoms with Crippen molar-refractivity contribution < 1.29 is 14.9 Å². The Bertz CT molecular complexity index is 520. The molecule has 2 aromatic rings. The van der Waals surface area contributed by atoms with E-state index in [0.717, 1.165) is 11.1 Å². The Morgan fingerprint density at radius 3 is 2.37 bits per heavy atom. The van der Waals surface area contributed by atoms with Crippen LogP contribution in [-0.2, 0) is 6.61 Å². The van der Waals surface area contributed by atoms with Crippen molar-refractivity contribution in [1.29, 1.82) is 0 Å². The van der Waals surface area contributed by atoms with Gasteiger partial charge in [-0.15, -0.1) is 0 Å². The van der Waals surface area contributed by atoms with Gasteiger partial charge >= 0.3 is 0 Å². The van der Waals surface area contributed by atoms with Crippen molar-refractivity contribution in [2.24, 2.45) is 0 Å². The van der Waals surface area contributed by atoms with Crippen LogP contribution >= 0.6 is 0 Å². The Morgan fingerprint density at radius 1 is 1.05 bits per heavy atom. The van der Waals surface area contributed by atoms with Crippen LogP contribution in [0.5, 0.6) is 11.5 Å². The van der Waals surface area contributed by atoms with Crippen molar-refractivity contribution in [3.05, 3.63) is 59.7 Å². The highest BCUT2D eigenvalue weighted by Gasteiger charge is 2.06. The predicted octanol–water partition coefficient (Wildman–Crippen LogP) is 3.41. The third kappa shape index (κ3) is 3.34. The monoisotopic (exact) mass is 258 g/mol. The van der Waals surface area contributed by atoms with E-state index in [9.17, 15) is 10.2 Å². The van der Waals surface area contributed by atoms with Crippen LogP contribution in [0.25, 0.3) is 0 Å². The zero-order valence-corrected chi connectivity index (χ0v) is 10.9. The molecule has 0 spiro atoms. The number of para-hydroxylation sites is 1. The smallest absolute Gasteiger partial charge is 0.132 e. The minimum absolute atomic E-state index is 0.0528. The van der Waals surface area contributed by atoms with Gasteiger partial charge in [0.2, 0.25) is 0 Å². The Labute approximate surface area is 113 Å². The van der Waals surface area contributed by atoms with Crippen molar-refractivity contribution in [2.45, 2.75) is 26.1 Å². The van der Waals surface area contributed by atoms with E-state index >= 15 is 0 Å². The number of aliphatic hydroxyl groups excluding tert-OH is 2. The standard InChI is InChI=1S/C16H18O3/c1-2-15(18)12-7-9-14(10-8-12)19-16-6-4-3-5-13(16)11-17/h3-10,15,17-18H,2,11H2,1H3/t15-/m0/s1. The summed E-state index contributed by atoms with van der Waals surface area (Å²) < 4.78 is 5.73. The first kappa shape index (κ1) is 13.6. The molecule has 3 heteroatoms. The Hall–Kier alpha value is -1.84. The van der Waals surface area contributed by atoms with E-state index in [0.29, 0.717) is 17.9 Å². The molecule has 1 atom stereocenters. The second-order valence-electron chi connectivity index (χ2n) is 4.36. The quantitative estimate of drug-likeness (QED) is 0.864. The van der Waals surface area contributed by atoms with E-state index in [1.807, 2.05) is 55.5 Å². The Morgan fingerprint density at radius 2 is 1.74 bits per heavy atom. The van der Waals surface area contributed by atoms with Gasteiger partial charge in [0.15, 0.2) is 0 Å². The SMILES string of the molecule is CC[C@H](O)c1ccc(Oc2ccccc2CO)cc1. The minimum atomic E-state index is -0.432. The van der Waals surface area contributed by atoms with Crippen molar-refractivity contribution >= 4 is 0 Å². The van der Waals surface area contributed by atoms with Gasteiger partial charge in [0.05, 0.1) is 12.7 Å². The lowest BCUT2D eigenvalue weighted by atomic mass is 10.1. The molecule has 2 rings (SSSR count). The summed E-state index contributed by atoms with van der Waals surface area (Å²) in [4.78, 5) is 0. The van der Waals surface area contributed by atoms with Gasteiger partial charge in [-0.25, -0.2) is 0 Å². The molecule has 0 saturated carbocycles. The summed E-state index contributed by atoms with van der Waals surface area (Å²) in [5.41, 5.74) is 1.63. The molecule has 19 heavy (non-hydrogen) atoms. The highest BCUT2D eigenvalue weighted by atomic mass is 16.5. The Kier molecular flexibility index (Phi) is 4.55. The summed E-state index contributed by atoms with van der Waals surface area (Å²) >= 11 is 0. The second-order valence-corrected chi connectivity index (χ2v) is 4.36. The molecule has 0 aromatic heterocycles. The summed E-state index contributed by atoms with van der Waals surface area (Å²) in [6, 6.07) is 14.7. The number of hydrogen-bond donors (Lipinski definition) is 2. The lowest BCUT2D eigenvalue weighted by Crippen LogP contribution is -1.95. The topological polar surface area (TPSA) is 49.7 Å². The highest BCUT2D eigenvalue weighted by Crippen LogP contribution is 2.26. The number of aliphatic hydroxyl groups is 2. The van der Waals surface area contributed by atoms with Crippen molar-refractivity contribution in [1.82, 2.24) is 0 Å². The molecule has 0 amide bonds. The van der Waals surface area contributed by atoms with Gasteiger partial charge in [-0.3, -0.25) is 0 Å². The molecule has 0 saturated heterocycles. The van der Waals surface area contributed by atoms with Gasteiger partial charge in [0.1, 0.15) is 11.5 Å². The largest absolute Gasteiger partial charge is 0.457 e. The van der Waals surface area contributed by atoms with Crippen LogP contribution in [0, 0.1) is 0 Å². The summed E-state index contributed by atoms with van der Waals surface area (Å²) in [5, 5.41) is 19.0. The lowest BCUT2D eigenvalue weighted by molar-refractivity contribution is 0.173. The molecule has 2 aromatic carbocycles. The van der Waals surface area contributed by atoms with Crippen LogP contribution in [0.4, 0.5) is 0 Å². The molecule has 0 aliphatic rings. The van der Waals surface area contributed by atoms with Gasteiger partial charge in [-0.2, -0.15) is 0 Å². The third-order valence-electron chi connectivity index (χ3n) is 3.02. The summed E-state index contributed by atoms with van der Waals surface area (Å²) in [7, 11) is 0. The zero-order chi connectivity index (χ0) is 13.7. The maximum Gasteiger partial charge on any atom is 0.132 e. The van der Waals surface area contributed by atoms with Crippen molar-refractivity contribution in [2.75, 3.05) is 0 Å². The molecule has 0 aliphatic heterocycles. The Balaban J connectivity index is 2.15. The summed E-state index contributed by atoms with van der Waals surface area (Å²) in [6.45, 7) is 1.88. The molecular formula is C16H18O3. The van der Waals surface area contributed by atoms with E-state index in [1.54, 1.807) is 0 Å². The minimum Gasteiger partial charge on any atom is -0.457 e. The number of benzene rings is 2. The molecule has 0 bridgehead atoms. The summed E-state index contributed by atoms with van der Waals surface area (Å²) in [6.07, 6.45) is 0.256. The first-order chi connectivity index (χ1) is 9.24. The average molecular weight is 258 g/mol. The van der Waals surface area contributed by atoms with Crippen LogP contribution in [0.1, 0.15) is 30.6 Å². The molecule has 0 unspecified atom stereocenters. The van der Waals surface area contributed by atoms with Gasteiger partial charge in [0.25, 0.3) is 0 Å². The van der Waals surface area contributed by atoms with Crippen LogP contribution in [0.2, 0.25) is 0 Å². The van der Waals surface area contributed by atoms with E-state index in [2.05, 4.69) is 0 Å². The molecule has 0 fully saturated rings.